The van der Waals surface area contributed by atoms with Crippen LogP contribution >= 0.6 is 11.6 Å². The summed E-state index contributed by atoms with van der Waals surface area (Å²) in [6.45, 7) is 0.816. The number of hydrogen-bond donors (Lipinski definition) is 0. The SMILES string of the molecule is O=C(/C=C/c1ccc(N2CCCS2(=O)=O)cc1)N(Cc1ccccn1)c1ccc(Cl)cc1. The monoisotopic (exact) mass is 467 g/mol. The van der Waals surface area contributed by atoms with E-state index in [0.29, 0.717) is 35.9 Å². The number of pyridine rings is 1. The smallest absolute Gasteiger partial charge is 0.251 e. The van der Waals surface area contributed by atoms with Crippen LogP contribution < -0.4 is 9.21 Å². The maximum atomic E-state index is 13.1. The molecule has 1 aliphatic rings. The summed E-state index contributed by atoms with van der Waals surface area (Å²) in [5.74, 6) is -0.0240. The summed E-state index contributed by atoms with van der Waals surface area (Å²) in [6, 6.07) is 19.8. The van der Waals surface area contributed by atoms with E-state index in [0.717, 1.165) is 11.3 Å². The van der Waals surface area contributed by atoms with Crippen molar-refractivity contribution in [3.8, 4) is 0 Å². The number of halogens is 1. The highest BCUT2D eigenvalue weighted by molar-refractivity contribution is 7.93. The predicted molar refractivity (Wildman–Crippen MR) is 128 cm³/mol. The number of anilines is 2. The maximum absolute atomic E-state index is 13.1. The second kappa shape index (κ2) is 9.54. The summed E-state index contributed by atoms with van der Waals surface area (Å²) in [4.78, 5) is 19.0. The fourth-order valence-electron chi connectivity index (χ4n) is 3.51. The number of aromatic nitrogens is 1. The van der Waals surface area contributed by atoms with Crippen molar-refractivity contribution in [3.05, 3.63) is 95.3 Å². The standard InChI is InChI=1S/C24H22ClN3O3S/c25-20-8-12-22(13-9-20)27(18-21-4-1-2-15-26-21)24(29)14-7-19-5-10-23(11-6-19)28-16-3-17-32(28,30)31/h1-2,4-15H,3,16-18H2/b14-7+. The molecule has 3 aromatic rings. The lowest BCUT2D eigenvalue weighted by atomic mass is 10.2. The Balaban J connectivity index is 1.52. The lowest BCUT2D eigenvalue weighted by molar-refractivity contribution is -0.114. The van der Waals surface area contributed by atoms with Crippen LogP contribution in [0.3, 0.4) is 0 Å². The summed E-state index contributed by atoms with van der Waals surface area (Å²) in [5, 5.41) is 0.592. The van der Waals surface area contributed by atoms with Gasteiger partial charge in [-0.2, -0.15) is 0 Å². The minimum absolute atomic E-state index is 0.181. The van der Waals surface area contributed by atoms with E-state index in [1.807, 2.05) is 18.2 Å². The van der Waals surface area contributed by atoms with Gasteiger partial charge in [-0.3, -0.25) is 14.1 Å². The summed E-state index contributed by atoms with van der Waals surface area (Å²) in [7, 11) is -3.21. The molecule has 1 aromatic heterocycles. The van der Waals surface area contributed by atoms with E-state index in [1.165, 1.54) is 10.4 Å². The average Bonchev–Trinajstić information content (AvgIpc) is 3.16. The van der Waals surface area contributed by atoms with Gasteiger partial charge in [-0.15, -0.1) is 0 Å². The van der Waals surface area contributed by atoms with Crippen LogP contribution in [0.2, 0.25) is 5.02 Å². The molecule has 4 rings (SSSR count). The van der Waals surface area contributed by atoms with Crippen molar-refractivity contribution in [1.82, 2.24) is 4.98 Å². The Kier molecular flexibility index (Phi) is 6.58. The van der Waals surface area contributed by atoms with Gasteiger partial charge in [-0.05, 0) is 66.6 Å². The third-order valence-electron chi connectivity index (χ3n) is 5.15. The molecule has 6 nitrogen and oxygen atoms in total. The fraction of sp³-hybridized carbons (Fsp3) is 0.167. The summed E-state index contributed by atoms with van der Waals surface area (Å²) < 4.78 is 25.6. The van der Waals surface area contributed by atoms with Crippen molar-refractivity contribution in [3.63, 3.8) is 0 Å². The molecule has 2 heterocycles. The van der Waals surface area contributed by atoms with Crippen molar-refractivity contribution in [1.29, 1.82) is 0 Å². The average molecular weight is 468 g/mol. The normalized spacial score (nSPS) is 15.2. The molecule has 1 saturated heterocycles. The molecule has 0 atom stereocenters. The van der Waals surface area contributed by atoms with Crippen LogP contribution in [0.15, 0.2) is 79.0 Å². The predicted octanol–water partition coefficient (Wildman–Crippen LogP) is 4.52. The molecule has 2 aromatic carbocycles. The number of benzene rings is 2. The lowest BCUT2D eigenvalue weighted by Gasteiger charge is -2.21. The highest BCUT2D eigenvalue weighted by atomic mass is 35.5. The zero-order valence-corrected chi connectivity index (χ0v) is 18.8. The molecule has 1 amide bonds. The van der Waals surface area contributed by atoms with E-state index in [2.05, 4.69) is 4.98 Å². The van der Waals surface area contributed by atoms with Gasteiger partial charge in [0.2, 0.25) is 10.0 Å². The minimum Gasteiger partial charge on any atom is -0.303 e. The largest absolute Gasteiger partial charge is 0.303 e. The Morgan fingerprint density at radius 3 is 2.44 bits per heavy atom. The van der Waals surface area contributed by atoms with Crippen molar-refractivity contribution in [2.45, 2.75) is 13.0 Å². The van der Waals surface area contributed by atoms with E-state index < -0.39 is 10.0 Å². The first-order valence-corrected chi connectivity index (χ1v) is 12.2. The molecule has 0 aliphatic carbocycles. The number of carbonyl (C=O) groups excluding carboxylic acids is 1. The Bertz CT molecular complexity index is 1210. The Labute approximate surface area is 192 Å². The lowest BCUT2D eigenvalue weighted by Crippen LogP contribution is -2.29. The number of carbonyl (C=O) groups is 1. The molecule has 1 fully saturated rings. The van der Waals surface area contributed by atoms with Crippen molar-refractivity contribution >= 4 is 45.0 Å². The first-order valence-electron chi connectivity index (χ1n) is 10.2. The van der Waals surface area contributed by atoms with Gasteiger partial charge < -0.3 is 4.90 Å². The van der Waals surface area contributed by atoms with E-state index in [-0.39, 0.29) is 11.7 Å². The summed E-state index contributed by atoms with van der Waals surface area (Å²) >= 11 is 6.00. The zero-order chi connectivity index (χ0) is 22.6. The Hall–Kier alpha value is -3.16. The molecule has 0 N–H and O–H groups in total. The first kappa shape index (κ1) is 22.0. The molecule has 164 valence electrons. The van der Waals surface area contributed by atoms with Crippen LogP contribution in [0.1, 0.15) is 17.7 Å². The third-order valence-corrected chi connectivity index (χ3v) is 7.27. The molecular formula is C24H22ClN3O3S. The molecule has 8 heteroatoms. The topological polar surface area (TPSA) is 70.6 Å². The van der Waals surface area contributed by atoms with Crippen molar-refractivity contribution in [2.24, 2.45) is 0 Å². The molecule has 0 radical (unpaired) electrons. The number of sulfonamides is 1. The molecule has 0 unspecified atom stereocenters. The Morgan fingerprint density at radius 2 is 1.81 bits per heavy atom. The molecule has 1 aliphatic heterocycles. The number of nitrogens with zero attached hydrogens (tertiary/aromatic N) is 3. The molecule has 0 spiro atoms. The van der Waals surface area contributed by atoms with Gasteiger partial charge in [0, 0.05) is 29.5 Å². The quantitative estimate of drug-likeness (QED) is 0.500. The summed E-state index contributed by atoms with van der Waals surface area (Å²) in [5.41, 5.74) is 2.92. The maximum Gasteiger partial charge on any atom is 0.251 e. The van der Waals surface area contributed by atoms with Crippen LogP contribution in [0.5, 0.6) is 0 Å². The van der Waals surface area contributed by atoms with Crippen molar-refractivity contribution in [2.75, 3.05) is 21.5 Å². The van der Waals surface area contributed by atoms with E-state index >= 15 is 0 Å². The van der Waals surface area contributed by atoms with Crippen LogP contribution in [0.4, 0.5) is 11.4 Å². The fourth-order valence-corrected chi connectivity index (χ4v) is 5.20. The van der Waals surface area contributed by atoms with E-state index in [9.17, 15) is 13.2 Å². The van der Waals surface area contributed by atoms with E-state index in [1.54, 1.807) is 65.7 Å². The molecule has 0 bridgehead atoms. The van der Waals surface area contributed by atoms with Gasteiger partial charge in [0.25, 0.3) is 5.91 Å². The second-order valence-electron chi connectivity index (χ2n) is 7.39. The van der Waals surface area contributed by atoms with Gasteiger partial charge >= 0.3 is 0 Å². The molecular weight excluding hydrogens is 446 g/mol. The van der Waals surface area contributed by atoms with E-state index in [4.69, 9.17) is 11.6 Å². The van der Waals surface area contributed by atoms with Gasteiger partial charge in [-0.25, -0.2) is 8.42 Å². The van der Waals surface area contributed by atoms with Crippen LogP contribution in [-0.4, -0.2) is 31.6 Å². The van der Waals surface area contributed by atoms with Crippen LogP contribution in [0, 0.1) is 0 Å². The van der Waals surface area contributed by atoms with Crippen molar-refractivity contribution < 1.29 is 13.2 Å². The van der Waals surface area contributed by atoms with Gasteiger partial charge in [0.1, 0.15) is 0 Å². The van der Waals surface area contributed by atoms with Crippen LogP contribution in [0.25, 0.3) is 6.08 Å². The highest BCUT2D eigenvalue weighted by Crippen LogP contribution is 2.25. The molecule has 32 heavy (non-hydrogen) atoms. The first-order chi connectivity index (χ1) is 15.4. The summed E-state index contributed by atoms with van der Waals surface area (Å²) in [6.07, 6.45) is 5.54. The molecule has 0 saturated carbocycles. The number of amides is 1. The minimum atomic E-state index is -3.21. The van der Waals surface area contributed by atoms with Crippen LogP contribution in [-0.2, 0) is 21.4 Å². The van der Waals surface area contributed by atoms with Gasteiger partial charge in [0.15, 0.2) is 0 Å². The third kappa shape index (κ3) is 5.18. The zero-order valence-electron chi connectivity index (χ0n) is 17.3. The number of rotatable bonds is 6. The number of hydrogen-bond acceptors (Lipinski definition) is 4. The van der Waals surface area contributed by atoms with Gasteiger partial charge in [0.05, 0.1) is 23.7 Å². The second-order valence-corrected chi connectivity index (χ2v) is 9.84. The van der Waals surface area contributed by atoms with Gasteiger partial charge in [-0.1, -0.05) is 29.8 Å². The highest BCUT2D eigenvalue weighted by Gasteiger charge is 2.28. The Morgan fingerprint density at radius 1 is 1.06 bits per heavy atom.